The van der Waals surface area contributed by atoms with Crippen LogP contribution < -0.4 is 5.32 Å². The van der Waals surface area contributed by atoms with Crippen LogP contribution in [0.4, 0.5) is 14.9 Å². The van der Waals surface area contributed by atoms with Gasteiger partial charge in [0, 0.05) is 38.1 Å². The van der Waals surface area contributed by atoms with Crippen molar-refractivity contribution in [1.29, 1.82) is 0 Å². The number of amides is 2. The normalized spacial score (nSPS) is 14.1. The number of carbonyl (C=O) groups excluding carboxylic acids is 2. The molecule has 2 amide bonds. The Bertz CT molecular complexity index is 1410. The van der Waals surface area contributed by atoms with E-state index in [-0.39, 0.29) is 11.8 Å². The number of nitrogens with one attached hydrogen (secondary N) is 1. The quantitative estimate of drug-likeness (QED) is 0.431. The van der Waals surface area contributed by atoms with Gasteiger partial charge in [0.2, 0.25) is 0 Å². The summed E-state index contributed by atoms with van der Waals surface area (Å²) in [6.07, 6.45) is 1.70. The van der Waals surface area contributed by atoms with Gasteiger partial charge in [-0.25, -0.2) is 23.9 Å². The van der Waals surface area contributed by atoms with Crippen LogP contribution in [0.15, 0.2) is 66.9 Å². The number of nitrogens with zero attached hydrogens (tertiary/aromatic N) is 5. The lowest BCUT2D eigenvalue weighted by Gasteiger charge is -2.34. The van der Waals surface area contributed by atoms with Crippen molar-refractivity contribution >= 4 is 28.9 Å². The molecule has 184 valence electrons. The molecule has 0 bridgehead atoms. The Morgan fingerprint density at radius 3 is 2.61 bits per heavy atom. The summed E-state index contributed by atoms with van der Waals surface area (Å²) in [4.78, 5) is 37.7. The van der Waals surface area contributed by atoms with E-state index in [0.717, 1.165) is 11.3 Å². The van der Waals surface area contributed by atoms with Crippen molar-refractivity contribution in [3.8, 4) is 5.69 Å². The topological polar surface area (TPSA) is 92.6 Å². The van der Waals surface area contributed by atoms with Crippen molar-refractivity contribution in [1.82, 2.24) is 24.3 Å². The van der Waals surface area contributed by atoms with Crippen molar-refractivity contribution in [3.63, 3.8) is 0 Å². The molecule has 2 aromatic heterocycles. The number of ether oxygens (including phenoxy) is 1. The molecule has 0 atom stereocenters. The predicted octanol–water partition coefficient (Wildman–Crippen LogP) is 3.70. The first-order valence-electron chi connectivity index (χ1n) is 11.6. The van der Waals surface area contributed by atoms with Crippen molar-refractivity contribution in [2.45, 2.75) is 6.54 Å². The van der Waals surface area contributed by atoms with Gasteiger partial charge in [0.25, 0.3) is 0 Å². The molecule has 0 saturated carbocycles. The number of carbonyl (C=O) groups is 2. The van der Waals surface area contributed by atoms with Crippen LogP contribution in [-0.2, 0) is 11.3 Å². The molecule has 1 N–H and O–H groups in total. The van der Waals surface area contributed by atoms with Crippen molar-refractivity contribution in [2.75, 3.05) is 38.6 Å². The number of anilines is 1. The molecule has 0 radical (unpaired) electrons. The fourth-order valence-electron chi connectivity index (χ4n) is 4.31. The second kappa shape index (κ2) is 10.1. The average molecular weight is 489 g/mol. The van der Waals surface area contributed by atoms with Crippen molar-refractivity contribution in [2.24, 2.45) is 0 Å². The first kappa shape index (κ1) is 23.4. The van der Waals surface area contributed by atoms with Gasteiger partial charge in [-0.05, 0) is 48.5 Å². The number of hydrogen-bond donors (Lipinski definition) is 1. The molecular weight excluding hydrogens is 463 g/mol. The van der Waals surface area contributed by atoms with Crippen molar-refractivity contribution < 1.29 is 18.7 Å². The van der Waals surface area contributed by atoms with Crippen LogP contribution in [0, 0.1) is 5.82 Å². The highest BCUT2D eigenvalue weighted by molar-refractivity contribution is 5.94. The maximum Gasteiger partial charge on any atom is 0.337 e. The van der Waals surface area contributed by atoms with Gasteiger partial charge in [-0.1, -0.05) is 12.1 Å². The number of imidazole rings is 1. The minimum absolute atomic E-state index is 0.229. The minimum atomic E-state index is -0.459. The summed E-state index contributed by atoms with van der Waals surface area (Å²) >= 11 is 0. The number of benzene rings is 2. The Balaban J connectivity index is 1.26. The molecule has 1 fully saturated rings. The Morgan fingerprint density at radius 2 is 1.83 bits per heavy atom. The molecule has 4 aromatic rings. The van der Waals surface area contributed by atoms with Gasteiger partial charge in [0.1, 0.15) is 17.2 Å². The monoisotopic (exact) mass is 488 g/mol. The zero-order valence-corrected chi connectivity index (χ0v) is 19.7. The molecular formula is C26H25FN6O3. The molecule has 5 rings (SSSR count). The van der Waals surface area contributed by atoms with Crippen LogP contribution in [-0.4, -0.2) is 69.6 Å². The van der Waals surface area contributed by atoms with Crippen LogP contribution in [0.5, 0.6) is 0 Å². The molecule has 0 spiro atoms. The van der Waals surface area contributed by atoms with E-state index in [0.29, 0.717) is 55.3 Å². The number of halogens is 1. The van der Waals surface area contributed by atoms with E-state index < -0.39 is 5.97 Å². The van der Waals surface area contributed by atoms with Crippen LogP contribution in [0.1, 0.15) is 16.2 Å². The highest BCUT2D eigenvalue weighted by Gasteiger charge is 2.24. The number of methoxy groups -OCH3 is 1. The maximum atomic E-state index is 14.0. The summed E-state index contributed by atoms with van der Waals surface area (Å²) in [6.45, 7) is 2.89. The third-order valence-corrected chi connectivity index (χ3v) is 6.11. The highest BCUT2D eigenvalue weighted by atomic mass is 19.1. The zero-order chi connectivity index (χ0) is 25.1. The summed E-state index contributed by atoms with van der Waals surface area (Å²) in [5.41, 5.74) is 2.98. The van der Waals surface area contributed by atoms with Crippen LogP contribution in [0.3, 0.4) is 0 Å². The second-order valence-electron chi connectivity index (χ2n) is 8.46. The lowest BCUT2D eigenvalue weighted by Crippen LogP contribution is -2.49. The Kier molecular flexibility index (Phi) is 6.59. The molecule has 1 aliphatic heterocycles. The summed E-state index contributed by atoms with van der Waals surface area (Å²) in [5.74, 6) is -0.0287. The Labute approximate surface area is 207 Å². The highest BCUT2D eigenvalue weighted by Crippen LogP contribution is 2.22. The number of esters is 1. The molecule has 0 unspecified atom stereocenters. The third-order valence-electron chi connectivity index (χ3n) is 6.11. The number of fused-ring (bicyclic) bond motifs is 1. The van der Waals surface area contributed by atoms with E-state index in [2.05, 4.69) is 15.2 Å². The third kappa shape index (κ3) is 4.89. The number of urea groups is 1. The van der Waals surface area contributed by atoms with Gasteiger partial charge in [-0.15, -0.1) is 0 Å². The lowest BCUT2D eigenvalue weighted by molar-refractivity contribution is 0.0600. The SMILES string of the molecule is COC(=O)c1cccc(NC(=O)N2CCN(Cc3nc4cccnc4n3-c3cccc(F)c3)CC2)c1. The van der Waals surface area contributed by atoms with Gasteiger partial charge in [0.15, 0.2) is 5.65 Å². The number of piperazine rings is 1. The first-order chi connectivity index (χ1) is 17.5. The van der Waals surface area contributed by atoms with E-state index in [4.69, 9.17) is 9.72 Å². The number of aromatic nitrogens is 3. The van der Waals surface area contributed by atoms with Gasteiger partial charge in [0.05, 0.1) is 24.9 Å². The number of rotatable bonds is 5. The van der Waals surface area contributed by atoms with E-state index in [9.17, 15) is 14.0 Å². The molecule has 1 saturated heterocycles. The predicted molar refractivity (Wildman–Crippen MR) is 132 cm³/mol. The zero-order valence-electron chi connectivity index (χ0n) is 19.7. The largest absolute Gasteiger partial charge is 0.465 e. The number of pyridine rings is 1. The van der Waals surface area contributed by atoms with Gasteiger partial charge < -0.3 is 15.0 Å². The van der Waals surface area contributed by atoms with Crippen LogP contribution in [0.25, 0.3) is 16.9 Å². The Hall–Kier alpha value is -4.31. The van der Waals surface area contributed by atoms with E-state index in [1.165, 1.54) is 19.2 Å². The fraction of sp³-hybridized carbons (Fsp3) is 0.231. The smallest absolute Gasteiger partial charge is 0.337 e. The summed E-state index contributed by atoms with van der Waals surface area (Å²) in [7, 11) is 1.32. The standard InChI is InChI=1S/C26H25FN6O3/c1-36-25(34)18-5-2-7-20(15-18)29-26(35)32-13-11-31(12-14-32)17-23-30-22-9-4-10-28-24(22)33(23)21-8-3-6-19(27)16-21/h2-10,15-16H,11-14,17H2,1H3,(H,29,35). The maximum absolute atomic E-state index is 14.0. The minimum Gasteiger partial charge on any atom is -0.465 e. The number of hydrogen-bond acceptors (Lipinski definition) is 6. The molecule has 3 heterocycles. The average Bonchev–Trinajstić information content (AvgIpc) is 3.26. The van der Waals surface area contributed by atoms with E-state index in [1.807, 2.05) is 22.8 Å². The van der Waals surface area contributed by atoms with Crippen molar-refractivity contribution in [3.05, 3.63) is 84.1 Å². The summed E-state index contributed by atoms with van der Waals surface area (Å²) < 4.78 is 20.6. The van der Waals surface area contributed by atoms with E-state index in [1.54, 1.807) is 41.4 Å². The fourth-order valence-corrected chi connectivity index (χ4v) is 4.31. The summed E-state index contributed by atoms with van der Waals surface area (Å²) in [5, 5.41) is 2.85. The molecule has 0 aliphatic carbocycles. The Morgan fingerprint density at radius 1 is 1.03 bits per heavy atom. The van der Waals surface area contributed by atoms with Crippen LogP contribution >= 0.6 is 0 Å². The molecule has 9 nitrogen and oxygen atoms in total. The first-order valence-corrected chi connectivity index (χ1v) is 11.6. The molecule has 2 aromatic carbocycles. The van der Waals surface area contributed by atoms with Gasteiger partial charge in [-0.2, -0.15) is 0 Å². The van der Waals surface area contributed by atoms with Gasteiger partial charge >= 0.3 is 12.0 Å². The van der Waals surface area contributed by atoms with Gasteiger partial charge in [-0.3, -0.25) is 9.47 Å². The van der Waals surface area contributed by atoms with Crippen LogP contribution in [0.2, 0.25) is 0 Å². The molecule has 10 heteroatoms. The summed E-state index contributed by atoms with van der Waals surface area (Å²) in [6, 6.07) is 16.5. The van der Waals surface area contributed by atoms with E-state index >= 15 is 0 Å². The lowest BCUT2D eigenvalue weighted by atomic mass is 10.2. The molecule has 36 heavy (non-hydrogen) atoms. The molecule has 1 aliphatic rings. The second-order valence-corrected chi connectivity index (χ2v) is 8.46.